The summed E-state index contributed by atoms with van der Waals surface area (Å²) >= 11 is 1.24. The second-order valence-electron chi connectivity index (χ2n) is 7.32. The summed E-state index contributed by atoms with van der Waals surface area (Å²) < 4.78 is 12.3. The van der Waals surface area contributed by atoms with Gasteiger partial charge in [0, 0.05) is 18.2 Å². The summed E-state index contributed by atoms with van der Waals surface area (Å²) in [6, 6.07) is 5.54. The van der Waals surface area contributed by atoms with E-state index in [-0.39, 0.29) is 5.12 Å². The molecule has 134 valence electrons. The van der Waals surface area contributed by atoms with Gasteiger partial charge in [-0.2, -0.15) is 0 Å². The summed E-state index contributed by atoms with van der Waals surface area (Å²) in [7, 11) is -0.498. The number of thioether (sulfide) groups is 1. The van der Waals surface area contributed by atoms with E-state index in [1.165, 1.54) is 11.8 Å². The first-order valence-corrected chi connectivity index (χ1v) is 9.29. The van der Waals surface area contributed by atoms with E-state index in [2.05, 4.69) is 0 Å². The van der Waals surface area contributed by atoms with Crippen LogP contribution in [-0.4, -0.2) is 35.5 Å². The third kappa shape index (κ3) is 4.63. The largest absolute Gasteiger partial charge is 0.491 e. The first kappa shape index (κ1) is 20.0. The third-order valence-electron chi connectivity index (χ3n) is 4.77. The van der Waals surface area contributed by atoms with Gasteiger partial charge in [0.25, 0.3) is 0 Å². The van der Waals surface area contributed by atoms with Crippen molar-refractivity contribution in [3.8, 4) is 0 Å². The molecule has 1 heterocycles. The molecule has 2 rings (SSSR count). The molecule has 1 aromatic rings. The van der Waals surface area contributed by atoms with Crippen LogP contribution in [0, 0.1) is 6.92 Å². The summed E-state index contributed by atoms with van der Waals surface area (Å²) in [6.45, 7) is 11.5. The predicted octanol–water partition coefficient (Wildman–Crippen LogP) is 4.10. The van der Waals surface area contributed by atoms with Crippen molar-refractivity contribution in [1.29, 1.82) is 0 Å². The molecule has 0 spiro atoms. The van der Waals surface area contributed by atoms with Gasteiger partial charge in [-0.1, -0.05) is 30.0 Å². The molecule has 1 aromatic carbocycles. The highest BCUT2D eigenvalue weighted by Gasteiger charge is 2.52. The maximum absolute atomic E-state index is 11.4. The highest BCUT2D eigenvalue weighted by Crippen LogP contribution is 2.39. The van der Waals surface area contributed by atoms with Crippen molar-refractivity contribution in [3.05, 3.63) is 40.4 Å². The van der Waals surface area contributed by atoms with Gasteiger partial charge in [0.05, 0.1) is 11.2 Å². The number of aryl methyl sites for hydroxylation is 1. The molecule has 0 N–H and O–H groups in total. The maximum Gasteiger partial charge on any atom is 0.491 e. The van der Waals surface area contributed by atoms with Gasteiger partial charge >= 0.3 is 7.12 Å². The smallest absolute Gasteiger partial charge is 0.400 e. The number of benzene rings is 1. The fourth-order valence-corrected chi connectivity index (χ4v) is 3.08. The Labute approximate surface area is 154 Å². The van der Waals surface area contributed by atoms with Crippen molar-refractivity contribution in [2.24, 2.45) is 0 Å². The molecule has 6 heteroatoms. The van der Waals surface area contributed by atoms with E-state index >= 15 is 0 Å². The van der Waals surface area contributed by atoms with Crippen LogP contribution in [-0.2, 0) is 14.1 Å². The lowest BCUT2D eigenvalue weighted by molar-refractivity contribution is -0.109. The van der Waals surface area contributed by atoms with Crippen LogP contribution in [0.3, 0.4) is 0 Å². The maximum atomic E-state index is 11.4. The van der Waals surface area contributed by atoms with Crippen LogP contribution in [0.1, 0.15) is 56.1 Å². The molecule has 1 saturated heterocycles. The molecule has 0 atom stereocenters. The summed E-state index contributed by atoms with van der Waals surface area (Å²) in [5.74, 6) is 0.501. The number of aldehydes is 1. The monoisotopic (exact) mass is 360 g/mol. The van der Waals surface area contributed by atoms with Gasteiger partial charge in [0.15, 0.2) is 5.12 Å². The van der Waals surface area contributed by atoms with Crippen molar-refractivity contribution in [2.75, 3.05) is 5.75 Å². The number of rotatable bonds is 5. The Morgan fingerprint density at radius 2 is 1.80 bits per heavy atom. The first-order chi connectivity index (χ1) is 11.6. The molecule has 1 aliphatic rings. The quantitative estimate of drug-likeness (QED) is 0.584. The lowest BCUT2D eigenvalue weighted by atomic mass is 9.78. The van der Waals surface area contributed by atoms with Crippen LogP contribution in [0.5, 0.6) is 0 Å². The Kier molecular flexibility index (Phi) is 5.97. The van der Waals surface area contributed by atoms with E-state index in [1.807, 2.05) is 52.8 Å². The van der Waals surface area contributed by atoms with Crippen molar-refractivity contribution >= 4 is 36.4 Å². The van der Waals surface area contributed by atoms with E-state index in [1.54, 1.807) is 13.0 Å². The number of hydrogen-bond donors (Lipinski definition) is 0. The molecular formula is C19H25BO4S. The van der Waals surface area contributed by atoms with Crippen molar-refractivity contribution < 1.29 is 18.9 Å². The Morgan fingerprint density at radius 3 is 2.28 bits per heavy atom. The number of hydrogen-bond acceptors (Lipinski definition) is 5. The fourth-order valence-electron chi connectivity index (χ4n) is 2.49. The van der Waals surface area contributed by atoms with E-state index in [4.69, 9.17) is 9.31 Å². The molecule has 1 fully saturated rings. The molecule has 1 aliphatic heterocycles. The number of carbonyl (C=O) groups excluding carboxylic acids is 2. The molecule has 25 heavy (non-hydrogen) atoms. The molecule has 0 radical (unpaired) electrons. The van der Waals surface area contributed by atoms with Crippen LogP contribution in [0.4, 0.5) is 0 Å². The molecule has 0 unspecified atom stereocenters. The average Bonchev–Trinajstić information content (AvgIpc) is 2.72. The Bertz CT molecular complexity index is 693. The van der Waals surface area contributed by atoms with Crippen molar-refractivity contribution in [2.45, 2.75) is 52.7 Å². The lowest BCUT2D eigenvalue weighted by Crippen LogP contribution is -2.41. The summed E-state index contributed by atoms with van der Waals surface area (Å²) in [6.07, 6.45) is 2.84. The minimum Gasteiger partial charge on any atom is -0.400 e. The lowest BCUT2D eigenvalue weighted by Gasteiger charge is -2.32. The van der Waals surface area contributed by atoms with E-state index in [0.717, 1.165) is 22.9 Å². The second-order valence-corrected chi connectivity index (χ2v) is 8.47. The Morgan fingerprint density at radius 1 is 1.20 bits per heavy atom. The molecule has 0 amide bonds. The van der Waals surface area contributed by atoms with Crippen LogP contribution in [0.15, 0.2) is 23.7 Å². The van der Waals surface area contributed by atoms with E-state index in [0.29, 0.717) is 11.3 Å². The zero-order valence-electron chi connectivity index (χ0n) is 15.7. The standard InChI is InChI=1S/C19H25BO4S/c1-13-9-15(11-21)7-8-16(13)10-17(12-25-14(2)22)20-23-18(3,4)19(5,6)24-20/h7-11H,12H2,1-6H3. The Balaban J connectivity index is 2.36. The zero-order valence-corrected chi connectivity index (χ0v) is 16.5. The molecule has 4 nitrogen and oxygen atoms in total. The van der Waals surface area contributed by atoms with Gasteiger partial charge in [0.2, 0.25) is 0 Å². The normalized spacial score (nSPS) is 19.1. The molecule has 0 aliphatic carbocycles. The molecular weight excluding hydrogens is 335 g/mol. The minimum absolute atomic E-state index is 0.0513. The summed E-state index contributed by atoms with van der Waals surface area (Å²) in [5.41, 5.74) is 2.65. The van der Waals surface area contributed by atoms with Gasteiger partial charge < -0.3 is 9.31 Å². The summed E-state index contributed by atoms with van der Waals surface area (Å²) in [4.78, 5) is 22.4. The van der Waals surface area contributed by atoms with Gasteiger partial charge in [-0.05, 0) is 57.3 Å². The van der Waals surface area contributed by atoms with Crippen molar-refractivity contribution in [1.82, 2.24) is 0 Å². The topological polar surface area (TPSA) is 52.6 Å². The third-order valence-corrected chi connectivity index (χ3v) is 5.65. The van der Waals surface area contributed by atoms with Crippen molar-refractivity contribution in [3.63, 3.8) is 0 Å². The van der Waals surface area contributed by atoms with Crippen LogP contribution in [0.25, 0.3) is 6.08 Å². The molecule has 0 saturated carbocycles. The predicted molar refractivity (Wildman–Crippen MR) is 104 cm³/mol. The van der Waals surface area contributed by atoms with Crippen LogP contribution >= 0.6 is 11.8 Å². The highest BCUT2D eigenvalue weighted by molar-refractivity contribution is 8.13. The van der Waals surface area contributed by atoms with E-state index < -0.39 is 18.3 Å². The first-order valence-electron chi connectivity index (χ1n) is 8.31. The zero-order chi connectivity index (χ0) is 18.8. The number of carbonyl (C=O) groups is 2. The molecule has 0 aromatic heterocycles. The SMILES string of the molecule is CC(=O)SCC(=Cc1ccc(C=O)cc1C)B1OC(C)(C)C(C)(C)O1. The van der Waals surface area contributed by atoms with Gasteiger partial charge in [-0.15, -0.1) is 0 Å². The van der Waals surface area contributed by atoms with E-state index in [9.17, 15) is 9.59 Å². The average molecular weight is 360 g/mol. The minimum atomic E-state index is -0.498. The fraction of sp³-hybridized carbons (Fsp3) is 0.474. The van der Waals surface area contributed by atoms with Crippen LogP contribution in [0.2, 0.25) is 0 Å². The van der Waals surface area contributed by atoms with Crippen LogP contribution < -0.4 is 0 Å². The highest BCUT2D eigenvalue weighted by atomic mass is 32.2. The van der Waals surface area contributed by atoms with Gasteiger partial charge in [0.1, 0.15) is 6.29 Å². The summed E-state index contributed by atoms with van der Waals surface area (Å²) in [5, 5.41) is 0.0513. The van der Waals surface area contributed by atoms with Gasteiger partial charge in [-0.25, -0.2) is 0 Å². The Hall–Kier alpha value is -1.37. The second kappa shape index (κ2) is 7.48. The van der Waals surface area contributed by atoms with Gasteiger partial charge in [-0.3, -0.25) is 9.59 Å². The molecule has 0 bridgehead atoms.